The van der Waals surface area contributed by atoms with E-state index in [9.17, 15) is 14.4 Å². The number of carbonyl (C=O) groups is 3. The molecule has 0 aliphatic heterocycles. The summed E-state index contributed by atoms with van der Waals surface area (Å²) in [4.78, 5) is 33.4. The van der Waals surface area contributed by atoms with Crippen LogP contribution in [0.15, 0.2) is 11.6 Å². The van der Waals surface area contributed by atoms with Crippen molar-refractivity contribution < 1.29 is 19.1 Å². The molecule has 82 valence electrons. The van der Waals surface area contributed by atoms with Gasteiger partial charge < -0.3 is 4.74 Å². The zero-order valence-corrected chi connectivity index (χ0v) is 8.75. The Balaban J connectivity index is 2.51. The van der Waals surface area contributed by atoms with Gasteiger partial charge in [-0.1, -0.05) is 6.08 Å². The van der Waals surface area contributed by atoms with Gasteiger partial charge in [0.25, 0.3) is 0 Å². The summed E-state index contributed by atoms with van der Waals surface area (Å²) in [6.45, 7) is 0. The molecule has 0 saturated carbocycles. The minimum Gasteiger partial charge on any atom is -0.463 e. The summed E-state index contributed by atoms with van der Waals surface area (Å²) in [6.07, 6.45) is 5.15. The smallest absolute Gasteiger partial charge is 0.374 e. The van der Waals surface area contributed by atoms with E-state index < -0.39 is 11.8 Å². The molecule has 0 fully saturated rings. The van der Waals surface area contributed by atoms with Gasteiger partial charge in [-0.2, -0.15) is 0 Å². The van der Waals surface area contributed by atoms with Crippen LogP contribution in [0.3, 0.4) is 0 Å². The summed E-state index contributed by atoms with van der Waals surface area (Å²) in [5, 5.41) is 0. The van der Waals surface area contributed by atoms with Gasteiger partial charge in [0.2, 0.25) is 5.78 Å². The Kier molecular flexibility index (Phi) is 4.21. The predicted octanol–water partition coefficient (Wildman–Crippen LogP) is 1.19. The van der Waals surface area contributed by atoms with E-state index in [0.29, 0.717) is 12.0 Å². The van der Waals surface area contributed by atoms with Gasteiger partial charge in [-0.3, -0.25) is 9.59 Å². The van der Waals surface area contributed by atoms with Crippen molar-refractivity contribution in [3.05, 3.63) is 11.6 Å². The van der Waals surface area contributed by atoms with E-state index in [1.54, 1.807) is 0 Å². The molecule has 0 atom stereocenters. The van der Waals surface area contributed by atoms with Crippen molar-refractivity contribution in [3.63, 3.8) is 0 Å². The fourth-order valence-electron chi connectivity index (χ4n) is 1.54. The highest BCUT2D eigenvalue weighted by molar-refractivity contribution is 6.38. The minimum atomic E-state index is -0.945. The third-order valence-corrected chi connectivity index (χ3v) is 2.38. The van der Waals surface area contributed by atoms with Gasteiger partial charge in [0.05, 0.1) is 13.5 Å². The molecule has 0 aromatic heterocycles. The number of hydrogen-bond donors (Lipinski definition) is 0. The maximum Gasteiger partial charge on any atom is 0.374 e. The van der Waals surface area contributed by atoms with Gasteiger partial charge >= 0.3 is 5.97 Å². The standard InChI is InChI=1S/C11H14O4/c1-15-11(14)10(13)7-9(12)8-5-3-2-4-6-8/h5H,2-4,6-7H2,1H3. The van der Waals surface area contributed by atoms with Crippen LogP contribution in [0.5, 0.6) is 0 Å². The molecule has 0 N–H and O–H groups in total. The van der Waals surface area contributed by atoms with Crippen LogP contribution in [0.4, 0.5) is 0 Å². The molecule has 0 bridgehead atoms. The van der Waals surface area contributed by atoms with E-state index in [4.69, 9.17) is 0 Å². The van der Waals surface area contributed by atoms with Gasteiger partial charge in [-0.25, -0.2) is 4.79 Å². The normalized spacial score (nSPS) is 15.4. The molecule has 0 heterocycles. The average Bonchev–Trinajstić information content (AvgIpc) is 2.29. The first-order valence-corrected chi connectivity index (χ1v) is 4.98. The highest BCUT2D eigenvalue weighted by atomic mass is 16.5. The molecule has 4 nitrogen and oxygen atoms in total. The lowest BCUT2D eigenvalue weighted by molar-refractivity contribution is -0.152. The molecule has 15 heavy (non-hydrogen) atoms. The number of methoxy groups -OCH3 is 1. The zero-order valence-electron chi connectivity index (χ0n) is 8.75. The fraction of sp³-hybridized carbons (Fsp3) is 0.545. The van der Waals surface area contributed by atoms with E-state index in [1.165, 1.54) is 0 Å². The second kappa shape index (κ2) is 5.44. The molecule has 0 saturated heterocycles. The molecule has 0 spiro atoms. The lowest BCUT2D eigenvalue weighted by Crippen LogP contribution is -2.20. The van der Waals surface area contributed by atoms with E-state index in [-0.39, 0.29) is 12.2 Å². The number of Topliss-reactive ketones (excluding diaryl/α,β-unsaturated/α-hetero) is 2. The molecular formula is C11H14O4. The second-order valence-corrected chi connectivity index (χ2v) is 3.49. The fourth-order valence-corrected chi connectivity index (χ4v) is 1.54. The first kappa shape index (κ1) is 11.6. The van der Waals surface area contributed by atoms with E-state index in [0.717, 1.165) is 26.4 Å². The van der Waals surface area contributed by atoms with Crippen molar-refractivity contribution in [2.24, 2.45) is 0 Å². The Morgan fingerprint density at radius 3 is 2.60 bits per heavy atom. The quantitative estimate of drug-likeness (QED) is 0.397. The van der Waals surface area contributed by atoms with Crippen molar-refractivity contribution >= 4 is 17.5 Å². The first-order valence-electron chi connectivity index (χ1n) is 4.98. The van der Waals surface area contributed by atoms with Crippen LogP contribution < -0.4 is 0 Å². The lowest BCUT2D eigenvalue weighted by Gasteiger charge is -2.10. The van der Waals surface area contributed by atoms with Gasteiger partial charge in [0, 0.05) is 0 Å². The minimum absolute atomic E-state index is 0.245. The van der Waals surface area contributed by atoms with Gasteiger partial charge in [-0.15, -0.1) is 0 Å². The van der Waals surface area contributed by atoms with Crippen LogP contribution in [0.2, 0.25) is 0 Å². The molecule has 1 aliphatic carbocycles. The maximum atomic E-state index is 11.5. The lowest BCUT2D eigenvalue weighted by atomic mass is 9.94. The Hall–Kier alpha value is -1.45. The number of allylic oxidation sites excluding steroid dienone is 2. The number of hydrogen-bond acceptors (Lipinski definition) is 4. The molecular weight excluding hydrogens is 196 g/mol. The number of ether oxygens (including phenoxy) is 1. The topological polar surface area (TPSA) is 60.4 Å². The summed E-state index contributed by atoms with van der Waals surface area (Å²) in [6, 6.07) is 0. The summed E-state index contributed by atoms with van der Waals surface area (Å²) >= 11 is 0. The van der Waals surface area contributed by atoms with Gasteiger partial charge in [0.15, 0.2) is 5.78 Å². The molecule has 0 amide bonds. The molecule has 4 heteroatoms. The zero-order chi connectivity index (χ0) is 11.3. The van der Waals surface area contributed by atoms with E-state index in [1.807, 2.05) is 6.08 Å². The summed E-state index contributed by atoms with van der Waals surface area (Å²) < 4.78 is 4.24. The average molecular weight is 210 g/mol. The van der Waals surface area contributed by atoms with E-state index >= 15 is 0 Å². The van der Waals surface area contributed by atoms with Crippen molar-refractivity contribution in [2.75, 3.05) is 7.11 Å². The Morgan fingerprint density at radius 1 is 1.33 bits per heavy atom. The largest absolute Gasteiger partial charge is 0.463 e. The predicted molar refractivity (Wildman–Crippen MR) is 53.2 cm³/mol. The monoisotopic (exact) mass is 210 g/mol. The van der Waals surface area contributed by atoms with Crippen LogP contribution in [0, 0.1) is 0 Å². The van der Waals surface area contributed by atoms with Crippen LogP contribution in [-0.4, -0.2) is 24.6 Å². The van der Waals surface area contributed by atoms with Crippen molar-refractivity contribution in [3.8, 4) is 0 Å². The molecule has 0 aromatic rings. The van der Waals surface area contributed by atoms with Crippen LogP contribution in [0.1, 0.15) is 32.1 Å². The molecule has 0 aromatic carbocycles. The molecule has 0 radical (unpaired) electrons. The summed E-state index contributed by atoms with van der Waals surface area (Å²) in [7, 11) is 1.13. The molecule has 1 rings (SSSR count). The van der Waals surface area contributed by atoms with E-state index in [2.05, 4.69) is 4.74 Å². The summed E-state index contributed by atoms with van der Waals surface area (Å²) in [5.74, 6) is -1.96. The highest BCUT2D eigenvalue weighted by Gasteiger charge is 2.21. The number of rotatable bonds is 4. The Labute approximate surface area is 88.3 Å². The van der Waals surface area contributed by atoms with Gasteiger partial charge in [0.1, 0.15) is 0 Å². The van der Waals surface area contributed by atoms with Crippen LogP contribution in [0.25, 0.3) is 0 Å². The van der Waals surface area contributed by atoms with Crippen LogP contribution in [-0.2, 0) is 19.1 Å². The molecule has 1 aliphatic rings. The van der Waals surface area contributed by atoms with Crippen LogP contribution >= 0.6 is 0 Å². The third-order valence-electron chi connectivity index (χ3n) is 2.38. The number of carbonyl (C=O) groups excluding carboxylic acids is 3. The first-order chi connectivity index (χ1) is 7.15. The number of ketones is 2. The number of esters is 1. The van der Waals surface area contributed by atoms with Crippen molar-refractivity contribution in [1.82, 2.24) is 0 Å². The molecule has 0 unspecified atom stereocenters. The summed E-state index contributed by atoms with van der Waals surface area (Å²) in [5.41, 5.74) is 0.679. The second-order valence-electron chi connectivity index (χ2n) is 3.49. The maximum absolute atomic E-state index is 11.5. The Morgan fingerprint density at radius 2 is 2.07 bits per heavy atom. The SMILES string of the molecule is COC(=O)C(=O)CC(=O)C1=CCCCC1. The highest BCUT2D eigenvalue weighted by Crippen LogP contribution is 2.19. The third kappa shape index (κ3) is 3.31. The van der Waals surface area contributed by atoms with Crippen molar-refractivity contribution in [2.45, 2.75) is 32.1 Å². The Bertz CT molecular complexity index is 315. The van der Waals surface area contributed by atoms with Gasteiger partial charge in [-0.05, 0) is 31.3 Å². The van der Waals surface area contributed by atoms with Crippen molar-refractivity contribution in [1.29, 1.82) is 0 Å².